The van der Waals surface area contributed by atoms with Gasteiger partial charge in [0.25, 0.3) is 0 Å². The van der Waals surface area contributed by atoms with Gasteiger partial charge in [0.15, 0.2) is 0 Å². The summed E-state index contributed by atoms with van der Waals surface area (Å²) in [6.45, 7) is 0.186. The number of hydrogen-bond donors (Lipinski definition) is 0. The third-order valence-electron chi connectivity index (χ3n) is 4.53. The molecule has 0 aliphatic heterocycles. The number of methoxy groups -OCH3 is 1. The Labute approximate surface area is 187 Å². The predicted octanol–water partition coefficient (Wildman–Crippen LogP) is 6.14. The van der Waals surface area contributed by atoms with Gasteiger partial charge in [0, 0.05) is 10.1 Å². The van der Waals surface area contributed by atoms with E-state index < -0.39 is 11.9 Å². The lowest BCUT2D eigenvalue weighted by molar-refractivity contribution is 0.0472. The highest BCUT2D eigenvalue weighted by Crippen LogP contribution is 2.37. The second kappa shape index (κ2) is 9.20. The first-order chi connectivity index (χ1) is 15.0. The highest BCUT2D eigenvalue weighted by molar-refractivity contribution is 7.21. The Bertz CT molecular complexity index is 1230. The van der Waals surface area contributed by atoms with Crippen molar-refractivity contribution in [2.45, 2.75) is 6.61 Å². The van der Waals surface area contributed by atoms with Gasteiger partial charge in [-0.2, -0.15) is 0 Å². The van der Waals surface area contributed by atoms with Gasteiger partial charge in [-0.15, -0.1) is 11.3 Å². The van der Waals surface area contributed by atoms with Gasteiger partial charge in [-0.25, -0.2) is 9.59 Å². The Morgan fingerprint density at radius 2 is 1.61 bits per heavy atom. The first-order valence-electron chi connectivity index (χ1n) is 9.34. The summed E-state index contributed by atoms with van der Waals surface area (Å²) in [6, 6.07) is 21.0. The van der Waals surface area contributed by atoms with Crippen LogP contribution in [0.15, 0.2) is 72.8 Å². The summed E-state index contributed by atoms with van der Waals surface area (Å²) < 4.78 is 16.8. The standard InChI is InChI=1S/C24H17ClO5S/c1-28-18-11-12-20-19(13-18)21(25)22(31-20)24(27)30-17-9-7-16(8-10-17)23(26)29-14-15-5-3-2-4-6-15/h2-13H,14H2,1H3. The summed E-state index contributed by atoms with van der Waals surface area (Å²) in [5, 5.41) is 1.06. The number of benzene rings is 3. The van der Waals surface area contributed by atoms with E-state index in [1.165, 1.54) is 11.3 Å². The van der Waals surface area contributed by atoms with Crippen LogP contribution in [0.5, 0.6) is 11.5 Å². The molecular weight excluding hydrogens is 436 g/mol. The van der Waals surface area contributed by atoms with Gasteiger partial charge in [0.05, 0.1) is 17.7 Å². The second-order valence-electron chi connectivity index (χ2n) is 6.58. The van der Waals surface area contributed by atoms with E-state index in [9.17, 15) is 9.59 Å². The Hall–Kier alpha value is -3.35. The molecule has 0 N–H and O–H groups in total. The number of ether oxygens (including phenoxy) is 3. The lowest BCUT2D eigenvalue weighted by Crippen LogP contribution is -2.08. The van der Waals surface area contributed by atoms with Gasteiger partial charge < -0.3 is 14.2 Å². The number of fused-ring (bicyclic) bond motifs is 1. The topological polar surface area (TPSA) is 61.8 Å². The Balaban J connectivity index is 1.43. The first-order valence-corrected chi connectivity index (χ1v) is 10.5. The zero-order valence-electron chi connectivity index (χ0n) is 16.5. The monoisotopic (exact) mass is 452 g/mol. The number of carbonyl (C=O) groups excluding carboxylic acids is 2. The minimum absolute atomic E-state index is 0.186. The van der Waals surface area contributed by atoms with Gasteiger partial charge >= 0.3 is 11.9 Å². The number of thiophene rings is 1. The van der Waals surface area contributed by atoms with Gasteiger partial charge in [0.2, 0.25) is 0 Å². The van der Waals surface area contributed by atoms with Crippen molar-refractivity contribution in [1.82, 2.24) is 0 Å². The van der Waals surface area contributed by atoms with Crippen molar-refractivity contribution in [1.29, 1.82) is 0 Å². The molecule has 7 heteroatoms. The van der Waals surface area contributed by atoms with E-state index in [1.54, 1.807) is 43.5 Å². The highest BCUT2D eigenvalue weighted by atomic mass is 35.5. The summed E-state index contributed by atoms with van der Waals surface area (Å²) in [7, 11) is 1.57. The normalized spacial score (nSPS) is 10.6. The average Bonchev–Trinajstić information content (AvgIpc) is 3.14. The number of esters is 2. The van der Waals surface area contributed by atoms with Crippen LogP contribution < -0.4 is 9.47 Å². The zero-order chi connectivity index (χ0) is 21.8. The van der Waals surface area contributed by atoms with Crippen molar-refractivity contribution in [3.63, 3.8) is 0 Å². The maximum atomic E-state index is 12.6. The molecule has 0 spiro atoms. The molecule has 0 saturated carbocycles. The SMILES string of the molecule is COc1ccc2sc(C(=O)Oc3ccc(C(=O)OCc4ccccc4)cc3)c(Cl)c2c1. The molecule has 3 aromatic carbocycles. The summed E-state index contributed by atoms with van der Waals surface area (Å²) in [5.41, 5.74) is 1.27. The molecule has 0 fully saturated rings. The quantitative estimate of drug-likeness (QED) is 0.260. The fourth-order valence-corrected chi connectivity index (χ4v) is 4.28. The molecule has 0 aliphatic carbocycles. The molecule has 156 valence electrons. The van der Waals surface area contributed by atoms with E-state index in [4.69, 9.17) is 25.8 Å². The summed E-state index contributed by atoms with van der Waals surface area (Å²) in [6.07, 6.45) is 0. The van der Waals surface area contributed by atoms with Crippen LogP contribution in [-0.2, 0) is 11.3 Å². The Morgan fingerprint density at radius 1 is 0.903 bits per heavy atom. The van der Waals surface area contributed by atoms with E-state index in [0.29, 0.717) is 27.0 Å². The van der Waals surface area contributed by atoms with Crippen molar-refractivity contribution in [3.8, 4) is 11.5 Å². The average molecular weight is 453 g/mol. The highest BCUT2D eigenvalue weighted by Gasteiger charge is 2.20. The molecule has 0 amide bonds. The smallest absolute Gasteiger partial charge is 0.355 e. The molecule has 0 aliphatic rings. The first kappa shape index (κ1) is 20.9. The van der Waals surface area contributed by atoms with E-state index in [0.717, 1.165) is 15.6 Å². The van der Waals surface area contributed by atoms with Crippen molar-refractivity contribution in [2.24, 2.45) is 0 Å². The molecule has 5 nitrogen and oxygen atoms in total. The second-order valence-corrected chi connectivity index (χ2v) is 8.01. The molecule has 0 atom stereocenters. The van der Waals surface area contributed by atoms with Crippen LogP contribution in [0.25, 0.3) is 10.1 Å². The molecule has 1 heterocycles. The number of halogens is 1. The van der Waals surface area contributed by atoms with Gasteiger partial charge in [-0.05, 0) is 48.0 Å². The minimum Gasteiger partial charge on any atom is -0.497 e. The maximum absolute atomic E-state index is 12.6. The van der Waals surface area contributed by atoms with Crippen LogP contribution in [0.4, 0.5) is 0 Å². The van der Waals surface area contributed by atoms with Crippen LogP contribution >= 0.6 is 22.9 Å². The van der Waals surface area contributed by atoms with Crippen molar-refractivity contribution in [2.75, 3.05) is 7.11 Å². The molecule has 31 heavy (non-hydrogen) atoms. The summed E-state index contributed by atoms with van der Waals surface area (Å²) in [4.78, 5) is 25.1. The molecule has 1 aromatic heterocycles. The number of carbonyl (C=O) groups is 2. The van der Waals surface area contributed by atoms with Crippen LogP contribution in [0, 0.1) is 0 Å². The molecular formula is C24H17ClO5S. The summed E-state index contributed by atoms with van der Waals surface area (Å²) >= 11 is 7.64. The lowest BCUT2D eigenvalue weighted by atomic mass is 10.2. The van der Waals surface area contributed by atoms with Gasteiger partial charge in [-0.3, -0.25) is 0 Å². The predicted molar refractivity (Wildman–Crippen MR) is 120 cm³/mol. The number of rotatable bonds is 6. The third-order valence-corrected chi connectivity index (χ3v) is 6.19. The van der Waals surface area contributed by atoms with Crippen LogP contribution in [0.2, 0.25) is 5.02 Å². The fourth-order valence-electron chi connectivity index (χ4n) is 2.92. The van der Waals surface area contributed by atoms with E-state index in [2.05, 4.69) is 0 Å². The van der Waals surface area contributed by atoms with Crippen LogP contribution in [0.1, 0.15) is 25.6 Å². The molecule has 0 bridgehead atoms. The largest absolute Gasteiger partial charge is 0.497 e. The van der Waals surface area contributed by atoms with Gasteiger partial charge in [-0.1, -0.05) is 41.9 Å². The Morgan fingerprint density at radius 3 is 2.32 bits per heavy atom. The van der Waals surface area contributed by atoms with Crippen molar-refractivity contribution >= 4 is 45.0 Å². The minimum atomic E-state index is -0.565. The maximum Gasteiger partial charge on any atom is 0.355 e. The number of hydrogen-bond acceptors (Lipinski definition) is 6. The van der Waals surface area contributed by atoms with E-state index in [-0.39, 0.29) is 6.61 Å². The zero-order valence-corrected chi connectivity index (χ0v) is 18.0. The van der Waals surface area contributed by atoms with E-state index in [1.807, 2.05) is 36.4 Å². The van der Waals surface area contributed by atoms with Crippen molar-refractivity contribution in [3.05, 3.63) is 93.8 Å². The lowest BCUT2D eigenvalue weighted by Gasteiger charge is -2.06. The van der Waals surface area contributed by atoms with E-state index >= 15 is 0 Å². The molecule has 4 rings (SSSR count). The Kier molecular flexibility index (Phi) is 6.21. The van der Waals surface area contributed by atoms with Crippen molar-refractivity contribution < 1.29 is 23.8 Å². The summed E-state index contributed by atoms with van der Waals surface area (Å²) in [5.74, 6) is -0.0645. The molecule has 4 aromatic rings. The van der Waals surface area contributed by atoms with Crippen LogP contribution in [-0.4, -0.2) is 19.0 Å². The third kappa shape index (κ3) is 4.71. The molecule has 0 unspecified atom stereocenters. The van der Waals surface area contributed by atoms with Crippen LogP contribution in [0.3, 0.4) is 0 Å². The fraction of sp³-hybridized carbons (Fsp3) is 0.0833. The molecule has 0 saturated heterocycles. The molecule has 0 radical (unpaired) electrons. The van der Waals surface area contributed by atoms with Gasteiger partial charge in [0.1, 0.15) is 23.0 Å².